The Morgan fingerprint density at radius 2 is 2.00 bits per heavy atom. The number of carbonyl (C=O) groups is 2. The van der Waals surface area contributed by atoms with Crippen LogP contribution >= 0.6 is 0 Å². The Kier molecular flexibility index (Phi) is 5.72. The van der Waals surface area contributed by atoms with E-state index in [4.69, 9.17) is 4.74 Å². The Morgan fingerprint density at radius 3 is 2.52 bits per heavy atom. The van der Waals surface area contributed by atoms with E-state index in [9.17, 15) is 9.59 Å². The van der Waals surface area contributed by atoms with Gasteiger partial charge in [0.1, 0.15) is 6.04 Å². The van der Waals surface area contributed by atoms with E-state index in [0.717, 1.165) is 0 Å². The van der Waals surface area contributed by atoms with E-state index in [1.165, 1.54) is 0 Å². The van der Waals surface area contributed by atoms with Gasteiger partial charge in [-0.1, -0.05) is 0 Å². The average Bonchev–Trinajstić information content (AvgIpc) is 2.37. The topological polar surface area (TPSA) is 70.7 Å². The fraction of sp³-hybridized carbons (Fsp3) is 0.857. The molecular formula is C14H29N4O3+. The van der Waals surface area contributed by atoms with Gasteiger partial charge in [0.15, 0.2) is 0 Å². The molecule has 1 aliphatic heterocycles. The molecule has 2 N–H and O–H groups in total. The molecular weight excluding hydrogens is 272 g/mol. The van der Waals surface area contributed by atoms with Gasteiger partial charge in [-0.3, -0.25) is 4.79 Å². The van der Waals surface area contributed by atoms with Crippen LogP contribution in [0.2, 0.25) is 0 Å². The summed E-state index contributed by atoms with van der Waals surface area (Å²) in [6.07, 6.45) is -0.311. The van der Waals surface area contributed by atoms with E-state index in [-0.39, 0.29) is 28.2 Å². The number of nitrogens with one attached hydrogen (secondary N) is 2. The van der Waals surface area contributed by atoms with Gasteiger partial charge < -0.3 is 15.4 Å². The molecule has 122 valence electrons. The summed E-state index contributed by atoms with van der Waals surface area (Å²) in [5, 5.41) is 8.11. The highest BCUT2D eigenvalue weighted by Gasteiger charge is 2.41. The number of hydrogen-bond acceptors (Lipinski definition) is 5. The summed E-state index contributed by atoms with van der Waals surface area (Å²) >= 11 is 0. The molecule has 0 aliphatic carbocycles. The normalized spacial score (nSPS) is 21.0. The molecule has 0 bridgehead atoms. The van der Waals surface area contributed by atoms with Crippen LogP contribution in [0.1, 0.15) is 27.7 Å². The molecule has 1 rings (SSSR count). The van der Waals surface area contributed by atoms with Crippen molar-refractivity contribution < 1.29 is 18.9 Å². The standard InChI is InChI=1S/C14H28N4O3/c1-7-21-13(20)18(5,6)17-9-8-15-11(10-17)12(19)16-14(2,3)4/h11,15H,7-10H2,1-6H3/p+1/t11-/m0/s1. The molecule has 0 aromatic heterocycles. The molecule has 7 heteroatoms. The second kappa shape index (κ2) is 6.72. The minimum atomic E-state index is -0.329. The predicted molar refractivity (Wildman–Crippen MR) is 80.4 cm³/mol. The molecule has 1 aliphatic rings. The first kappa shape index (κ1) is 17.9. The first-order valence-corrected chi connectivity index (χ1v) is 7.40. The number of ether oxygens (including phenoxy) is 1. The third-order valence-corrected chi connectivity index (χ3v) is 3.39. The first-order chi connectivity index (χ1) is 9.58. The van der Waals surface area contributed by atoms with Crippen molar-refractivity contribution in [2.75, 3.05) is 40.3 Å². The average molecular weight is 301 g/mol. The summed E-state index contributed by atoms with van der Waals surface area (Å²) in [6, 6.07) is -0.329. The molecule has 2 amide bonds. The highest BCUT2D eigenvalue weighted by atomic mass is 16.6. The van der Waals surface area contributed by atoms with Crippen molar-refractivity contribution in [2.24, 2.45) is 0 Å². The van der Waals surface area contributed by atoms with Crippen LogP contribution in [-0.2, 0) is 9.53 Å². The van der Waals surface area contributed by atoms with E-state index in [2.05, 4.69) is 10.6 Å². The molecule has 1 atom stereocenters. The Bertz CT molecular complexity index is 390. The van der Waals surface area contributed by atoms with Crippen molar-refractivity contribution in [3.05, 3.63) is 0 Å². The zero-order valence-corrected chi connectivity index (χ0v) is 14.0. The van der Waals surface area contributed by atoms with Crippen LogP contribution in [-0.4, -0.2) is 73.5 Å². The van der Waals surface area contributed by atoms with Gasteiger partial charge in [-0.05, 0) is 27.7 Å². The zero-order chi connectivity index (χ0) is 16.3. The summed E-state index contributed by atoms with van der Waals surface area (Å²) in [5.41, 5.74) is -0.271. The number of carbonyl (C=O) groups excluding carboxylic acids is 2. The van der Waals surface area contributed by atoms with Crippen LogP contribution in [0.3, 0.4) is 0 Å². The van der Waals surface area contributed by atoms with E-state index in [0.29, 0.717) is 26.2 Å². The van der Waals surface area contributed by atoms with E-state index >= 15 is 0 Å². The maximum absolute atomic E-state index is 12.3. The molecule has 1 heterocycles. The number of nitrogens with zero attached hydrogens (tertiary/aromatic N) is 2. The molecule has 7 nitrogen and oxygen atoms in total. The maximum atomic E-state index is 12.3. The Hall–Kier alpha value is -1.18. The lowest BCUT2D eigenvalue weighted by Gasteiger charge is -2.41. The molecule has 21 heavy (non-hydrogen) atoms. The molecule has 1 saturated heterocycles. The third-order valence-electron chi connectivity index (χ3n) is 3.39. The number of rotatable bonds is 3. The lowest BCUT2D eigenvalue weighted by atomic mass is 10.1. The molecule has 0 aromatic rings. The monoisotopic (exact) mass is 301 g/mol. The van der Waals surface area contributed by atoms with Gasteiger partial charge >= 0.3 is 6.09 Å². The summed E-state index contributed by atoms with van der Waals surface area (Å²) in [5.74, 6) is -0.0453. The van der Waals surface area contributed by atoms with Crippen molar-refractivity contribution in [2.45, 2.75) is 39.3 Å². The summed E-state index contributed by atoms with van der Waals surface area (Å²) in [4.78, 5) is 24.3. The second-order valence-electron chi connectivity index (χ2n) is 6.75. The maximum Gasteiger partial charge on any atom is 0.535 e. The van der Waals surface area contributed by atoms with Gasteiger partial charge in [0.25, 0.3) is 0 Å². The third kappa shape index (κ3) is 4.94. The Morgan fingerprint density at radius 1 is 1.38 bits per heavy atom. The van der Waals surface area contributed by atoms with Crippen LogP contribution in [0.15, 0.2) is 0 Å². The lowest BCUT2D eigenvalue weighted by Crippen LogP contribution is -2.68. The Labute approximate surface area is 127 Å². The molecule has 1 fully saturated rings. The van der Waals surface area contributed by atoms with Crippen LogP contribution in [0.5, 0.6) is 0 Å². The fourth-order valence-electron chi connectivity index (χ4n) is 2.22. The minimum Gasteiger partial charge on any atom is -0.419 e. The van der Waals surface area contributed by atoms with Crippen molar-refractivity contribution >= 4 is 12.0 Å². The van der Waals surface area contributed by atoms with Gasteiger partial charge in [-0.25, -0.2) is 0 Å². The van der Waals surface area contributed by atoms with Gasteiger partial charge in [0.05, 0.1) is 33.8 Å². The molecule has 0 unspecified atom stereocenters. The van der Waals surface area contributed by atoms with Crippen LogP contribution in [0.25, 0.3) is 0 Å². The van der Waals surface area contributed by atoms with Crippen LogP contribution in [0.4, 0.5) is 4.79 Å². The summed E-state index contributed by atoms with van der Waals surface area (Å²) in [6.45, 7) is 9.79. The fourth-order valence-corrected chi connectivity index (χ4v) is 2.22. The first-order valence-electron chi connectivity index (χ1n) is 7.40. The van der Waals surface area contributed by atoms with Crippen molar-refractivity contribution in [3.63, 3.8) is 0 Å². The van der Waals surface area contributed by atoms with E-state index in [1.807, 2.05) is 25.8 Å². The second-order valence-corrected chi connectivity index (χ2v) is 6.75. The number of piperazine rings is 1. The Balaban J connectivity index is 2.71. The van der Waals surface area contributed by atoms with E-state index < -0.39 is 0 Å². The summed E-state index contributed by atoms with van der Waals surface area (Å²) in [7, 11) is 3.56. The molecule has 0 aromatic carbocycles. The minimum absolute atomic E-state index is 0.00514. The smallest absolute Gasteiger partial charge is 0.419 e. The number of quaternary nitrogens is 1. The lowest BCUT2D eigenvalue weighted by molar-refractivity contribution is -0.939. The molecule has 0 saturated carbocycles. The van der Waals surface area contributed by atoms with Crippen molar-refractivity contribution in [3.8, 4) is 0 Å². The highest BCUT2D eigenvalue weighted by molar-refractivity contribution is 5.82. The van der Waals surface area contributed by atoms with Crippen LogP contribution in [0, 0.1) is 0 Å². The van der Waals surface area contributed by atoms with Gasteiger partial charge in [-0.15, -0.1) is 9.60 Å². The quantitative estimate of drug-likeness (QED) is 0.735. The predicted octanol–water partition coefficient (Wildman–Crippen LogP) is 0.323. The largest absolute Gasteiger partial charge is 0.535 e. The van der Waals surface area contributed by atoms with E-state index in [1.54, 1.807) is 21.0 Å². The number of amides is 2. The van der Waals surface area contributed by atoms with Gasteiger partial charge in [0, 0.05) is 12.1 Å². The van der Waals surface area contributed by atoms with Gasteiger partial charge in [-0.2, -0.15) is 4.79 Å². The van der Waals surface area contributed by atoms with Crippen molar-refractivity contribution in [1.82, 2.24) is 15.6 Å². The molecule has 0 radical (unpaired) electrons. The zero-order valence-electron chi connectivity index (χ0n) is 14.0. The summed E-state index contributed by atoms with van der Waals surface area (Å²) < 4.78 is 5.10. The van der Waals surface area contributed by atoms with Crippen LogP contribution < -0.4 is 10.6 Å². The SMILES string of the molecule is CCOC(=O)[N+](C)(C)N1CCN[C@H](C(=O)NC(C)(C)C)C1. The van der Waals surface area contributed by atoms with Crippen molar-refractivity contribution in [1.29, 1.82) is 0 Å². The highest BCUT2D eigenvalue weighted by Crippen LogP contribution is 2.13. The van der Waals surface area contributed by atoms with Gasteiger partial charge in [0.2, 0.25) is 5.91 Å². The molecule has 0 spiro atoms. The number of hydrogen-bond donors (Lipinski definition) is 2.